The summed E-state index contributed by atoms with van der Waals surface area (Å²) in [5.74, 6) is 1.64. The lowest BCUT2D eigenvalue weighted by molar-refractivity contribution is 0.403. The Kier molecular flexibility index (Phi) is 3.86. The molecular formula is C15H21N3. The van der Waals surface area contributed by atoms with Crippen LogP contribution >= 0.6 is 0 Å². The summed E-state index contributed by atoms with van der Waals surface area (Å²) in [6, 6.07) is 4.31. The van der Waals surface area contributed by atoms with Crippen LogP contribution in [0.2, 0.25) is 0 Å². The molecule has 1 atom stereocenters. The van der Waals surface area contributed by atoms with Crippen LogP contribution in [0.1, 0.15) is 43.0 Å². The Bertz CT molecular complexity index is 473. The molecule has 96 valence electrons. The smallest absolute Gasteiger partial charge is 0.147 e. The standard InChI is InChI=1S/C15H21N3/c1-4-13-6-5-7-18(10-13)15-14(9-16)11(2)8-12(3)17-15/h8,13H,4-7,10H2,1-3H3. The number of aromatic nitrogens is 1. The maximum absolute atomic E-state index is 9.33. The highest BCUT2D eigenvalue weighted by Gasteiger charge is 2.22. The number of hydrogen-bond donors (Lipinski definition) is 0. The van der Waals surface area contributed by atoms with Crippen LogP contribution in [0.25, 0.3) is 0 Å². The lowest BCUT2D eigenvalue weighted by Gasteiger charge is -2.34. The minimum absolute atomic E-state index is 0.743. The zero-order chi connectivity index (χ0) is 13.1. The molecule has 3 heteroatoms. The monoisotopic (exact) mass is 243 g/mol. The zero-order valence-corrected chi connectivity index (χ0v) is 11.5. The molecule has 2 rings (SSSR count). The second-order valence-electron chi connectivity index (χ2n) is 5.25. The van der Waals surface area contributed by atoms with Crippen molar-refractivity contribution < 1.29 is 0 Å². The minimum atomic E-state index is 0.743. The highest BCUT2D eigenvalue weighted by atomic mass is 15.2. The van der Waals surface area contributed by atoms with Crippen molar-refractivity contribution in [1.82, 2.24) is 4.98 Å². The molecule has 2 heterocycles. The van der Waals surface area contributed by atoms with E-state index in [1.165, 1.54) is 19.3 Å². The Balaban J connectivity index is 2.35. The maximum Gasteiger partial charge on any atom is 0.147 e. The van der Waals surface area contributed by atoms with Crippen LogP contribution < -0.4 is 4.90 Å². The first-order valence-electron chi connectivity index (χ1n) is 6.79. The van der Waals surface area contributed by atoms with Gasteiger partial charge in [-0.3, -0.25) is 0 Å². The molecule has 1 unspecified atom stereocenters. The summed E-state index contributed by atoms with van der Waals surface area (Å²) < 4.78 is 0. The zero-order valence-electron chi connectivity index (χ0n) is 11.5. The molecule has 0 aliphatic carbocycles. The Labute approximate surface area is 109 Å². The summed E-state index contributed by atoms with van der Waals surface area (Å²) >= 11 is 0. The molecule has 1 aromatic rings. The predicted octanol–water partition coefficient (Wildman–Crippen LogP) is 3.20. The lowest BCUT2D eigenvalue weighted by atomic mass is 9.95. The van der Waals surface area contributed by atoms with Crippen LogP contribution in [0.4, 0.5) is 5.82 Å². The van der Waals surface area contributed by atoms with Gasteiger partial charge in [-0.2, -0.15) is 5.26 Å². The van der Waals surface area contributed by atoms with Crippen molar-refractivity contribution in [2.75, 3.05) is 18.0 Å². The van der Waals surface area contributed by atoms with E-state index < -0.39 is 0 Å². The number of piperidine rings is 1. The van der Waals surface area contributed by atoms with Crippen LogP contribution in [0.3, 0.4) is 0 Å². The van der Waals surface area contributed by atoms with Crippen LogP contribution in [0.5, 0.6) is 0 Å². The van der Waals surface area contributed by atoms with Gasteiger partial charge < -0.3 is 4.90 Å². The lowest BCUT2D eigenvalue weighted by Crippen LogP contribution is -2.36. The Morgan fingerprint density at radius 1 is 1.50 bits per heavy atom. The van der Waals surface area contributed by atoms with Crippen molar-refractivity contribution in [1.29, 1.82) is 5.26 Å². The predicted molar refractivity (Wildman–Crippen MR) is 73.7 cm³/mol. The molecule has 1 fully saturated rings. The van der Waals surface area contributed by atoms with E-state index >= 15 is 0 Å². The van der Waals surface area contributed by atoms with Gasteiger partial charge in [-0.05, 0) is 44.2 Å². The number of nitriles is 1. The fraction of sp³-hybridized carbons (Fsp3) is 0.600. The van der Waals surface area contributed by atoms with Crippen molar-refractivity contribution in [3.05, 3.63) is 22.9 Å². The van der Waals surface area contributed by atoms with Gasteiger partial charge in [-0.25, -0.2) is 4.98 Å². The van der Waals surface area contributed by atoms with Gasteiger partial charge in [0.05, 0.1) is 5.56 Å². The van der Waals surface area contributed by atoms with Gasteiger partial charge in [-0.1, -0.05) is 13.3 Å². The third-order valence-corrected chi connectivity index (χ3v) is 3.83. The number of pyridine rings is 1. The Morgan fingerprint density at radius 3 is 2.94 bits per heavy atom. The van der Waals surface area contributed by atoms with Gasteiger partial charge >= 0.3 is 0 Å². The van der Waals surface area contributed by atoms with Gasteiger partial charge in [-0.15, -0.1) is 0 Å². The second-order valence-corrected chi connectivity index (χ2v) is 5.25. The number of hydrogen-bond acceptors (Lipinski definition) is 3. The molecule has 18 heavy (non-hydrogen) atoms. The van der Waals surface area contributed by atoms with Gasteiger partial charge in [0, 0.05) is 18.8 Å². The Hall–Kier alpha value is -1.56. The fourth-order valence-electron chi connectivity index (χ4n) is 2.77. The van der Waals surface area contributed by atoms with Crippen molar-refractivity contribution in [3.8, 4) is 6.07 Å². The molecule has 0 amide bonds. The fourth-order valence-corrected chi connectivity index (χ4v) is 2.77. The molecule has 1 aromatic heterocycles. The average molecular weight is 243 g/mol. The quantitative estimate of drug-likeness (QED) is 0.800. The van der Waals surface area contributed by atoms with Crippen molar-refractivity contribution in [2.24, 2.45) is 5.92 Å². The summed E-state index contributed by atoms with van der Waals surface area (Å²) in [7, 11) is 0. The van der Waals surface area contributed by atoms with E-state index in [9.17, 15) is 5.26 Å². The van der Waals surface area contributed by atoms with Crippen LogP contribution in [-0.2, 0) is 0 Å². The van der Waals surface area contributed by atoms with Crippen LogP contribution in [-0.4, -0.2) is 18.1 Å². The highest BCUT2D eigenvalue weighted by Crippen LogP contribution is 2.27. The molecule has 1 aliphatic rings. The van der Waals surface area contributed by atoms with E-state index in [4.69, 9.17) is 0 Å². The van der Waals surface area contributed by atoms with Gasteiger partial charge in [0.15, 0.2) is 0 Å². The normalized spacial score (nSPS) is 19.7. The second kappa shape index (κ2) is 5.39. The third kappa shape index (κ3) is 2.48. The molecule has 0 radical (unpaired) electrons. The van der Waals surface area contributed by atoms with E-state index in [1.807, 2.05) is 19.9 Å². The maximum atomic E-state index is 9.33. The topological polar surface area (TPSA) is 39.9 Å². The van der Waals surface area contributed by atoms with E-state index in [2.05, 4.69) is 22.9 Å². The number of nitrogens with zero attached hydrogens (tertiary/aromatic N) is 3. The van der Waals surface area contributed by atoms with Gasteiger partial charge in [0.1, 0.15) is 11.9 Å². The number of anilines is 1. The van der Waals surface area contributed by atoms with Crippen molar-refractivity contribution in [3.63, 3.8) is 0 Å². The first kappa shape index (κ1) is 12.9. The van der Waals surface area contributed by atoms with E-state index in [-0.39, 0.29) is 0 Å². The van der Waals surface area contributed by atoms with Gasteiger partial charge in [0.25, 0.3) is 0 Å². The summed E-state index contributed by atoms with van der Waals surface area (Å²) in [6.45, 7) is 8.31. The summed E-state index contributed by atoms with van der Waals surface area (Å²) in [5, 5.41) is 9.33. The largest absolute Gasteiger partial charge is 0.355 e. The van der Waals surface area contributed by atoms with Gasteiger partial charge in [0.2, 0.25) is 0 Å². The number of aryl methyl sites for hydroxylation is 2. The van der Waals surface area contributed by atoms with Crippen LogP contribution in [0, 0.1) is 31.1 Å². The SMILES string of the molecule is CCC1CCCN(c2nc(C)cc(C)c2C#N)C1. The van der Waals surface area contributed by atoms with E-state index in [0.29, 0.717) is 0 Å². The summed E-state index contributed by atoms with van der Waals surface area (Å²) in [6.07, 6.45) is 3.72. The number of rotatable bonds is 2. The first-order chi connectivity index (χ1) is 8.65. The average Bonchev–Trinajstić information content (AvgIpc) is 2.38. The Morgan fingerprint density at radius 2 is 2.28 bits per heavy atom. The van der Waals surface area contributed by atoms with Crippen molar-refractivity contribution in [2.45, 2.75) is 40.0 Å². The van der Waals surface area contributed by atoms with E-state index in [0.717, 1.165) is 41.6 Å². The van der Waals surface area contributed by atoms with Crippen LogP contribution in [0.15, 0.2) is 6.07 Å². The molecule has 0 saturated carbocycles. The third-order valence-electron chi connectivity index (χ3n) is 3.83. The molecule has 0 bridgehead atoms. The molecular weight excluding hydrogens is 222 g/mol. The molecule has 1 saturated heterocycles. The molecule has 0 aromatic carbocycles. The summed E-state index contributed by atoms with van der Waals surface area (Å²) in [4.78, 5) is 6.90. The molecule has 1 aliphatic heterocycles. The molecule has 0 N–H and O–H groups in total. The van der Waals surface area contributed by atoms with E-state index in [1.54, 1.807) is 0 Å². The summed E-state index contributed by atoms with van der Waals surface area (Å²) in [5.41, 5.74) is 2.79. The van der Waals surface area contributed by atoms with Crippen molar-refractivity contribution >= 4 is 5.82 Å². The molecule has 3 nitrogen and oxygen atoms in total. The molecule has 0 spiro atoms. The first-order valence-corrected chi connectivity index (χ1v) is 6.79. The minimum Gasteiger partial charge on any atom is -0.355 e. The highest BCUT2D eigenvalue weighted by molar-refractivity contribution is 5.58.